The summed E-state index contributed by atoms with van der Waals surface area (Å²) in [5.74, 6) is -0.309. The number of carbonyl (C=O) groups excluding carboxylic acids is 1. The van der Waals surface area contributed by atoms with E-state index in [1.807, 2.05) is 13.0 Å². The Bertz CT molecular complexity index is 644. The Balaban J connectivity index is 2.25. The number of carbonyl (C=O) groups is 1. The number of hydrogen-bond acceptors (Lipinski definition) is 3. The predicted octanol–water partition coefficient (Wildman–Crippen LogP) is 4.57. The zero-order valence-corrected chi connectivity index (χ0v) is 12.1. The van der Waals surface area contributed by atoms with E-state index in [2.05, 4.69) is 4.98 Å². The van der Waals surface area contributed by atoms with Gasteiger partial charge in [0.25, 0.3) is 0 Å². The van der Waals surface area contributed by atoms with Gasteiger partial charge in [-0.05, 0) is 30.7 Å². The van der Waals surface area contributed by atoms with Gasteiger partial charge in [0.05, 0.1) is 15.6 Å². The van der Waals surface area contributed by atoms with E-state index < -0.39 is 5.97 Å². The molecule has 0 saturated heterocycles. The third-order valence-electron chi connectivity index (χ3n) is 2.32. The molecule has 0 aliphatic carbocycles. The number of rotatable bonds is 2. The minimum atomic E-state index is -0.599. The third-order valence-corrected chi connectivity index (χ3v) is 3.32. The first-order chi connectivity index (χ1) is 8.97. The lowest BCUT2D eigenvalue weighted by molar-refractivity contribution is 0.0734. The van der Waals surface area contributed by atoms with Gasteiger partial charge in [-0.1, -0.05) is 40.9 Å². The second-order valence-corrected chi connectivity index (χ2v) is 4.99. The number of aryl methyl sites for hydroxylation is 1. The Hall–Kier alpha value is -1.29. The molecule has 19 heavy (non-hydrogen) atoms. The van der Waals surface area contributed by atoms with Gasteiger partial charge in [-0.2, -0.15) is 0 Å². The van der Waals surface area contributed by atoms with Crippen molar-refractivity contribution in [3.05, 3.63) is 56.8 Å². The van der Waals surface area contributed by atoms with Crippen LogP contribution in [-0.4, -0.2) is 11.0 Å². The van der Waals surface area contributed by atoms with Gasteiger partial charge in [0.1, 0.15) is 10.9 Å². The minimum absolute atomic E-state index is 0.131. The van der Waals surface area contributed by atoms with Crippen molar-refractivity contribution in [2.75, 3.05) is 0 Å². The highest BCUT2D eigenvalue weighted by Gasteiger charge is 2.13. The summed E-state index contributed by atoms with van der Waals surface area (Å²) >= 11 is 17.4. The Morgan fingerprint density at radius 1 is 1.16 bits per heavy atom. The molecule has 0 spiro atoms. The second kappa shape index (κ2) is 5.78. The number of halogens is 3. The highest BCUT2D eigenvalue weighted by Crippen LogP contribution is 2.27. The van der Waals surface area contributed by atoms with Gasteiger partial charge in [0, 0.05) is 6.20 Å². The molecule has 0 amide bonds. The maximum absolute atomic E-state index is 11.9. The molecular formula is C13H8Cl3NO2. The van der Waals surface area contributed by atoms with Crippen LogP contribution in [-0.2, 0) is 0 Å². The Morgan fingerprint density at radius 2 is 1.89 bits per heavy atom. The van der Waals surface area contributed by atoms with Crippen molar-refractivity contribution < 1.29 is 9.53 Å². The van der Waals surface area contributed by atoms with Gasteiger partial charge < -0.3 is 4.74 Å². The predicted molar refractivity (Wildman–Crippen MR) is 75.4 cm³/mol. The summed E-state index contributed by atoms with van der Waals surface area (Å²) < 4.78 is 5.19. The monoisotopic (exact) mass is 315 g/mol. The summed E-state index contributed by atoms with van der Waals surface area (Å²) in [5.41, 5.74) is 1.13. The Kier molecular flexibility index (Phi) is 4.30. The maximum atomic E-state index is 11.9. The van der Waals surface area contributed by atoms with Crippen molar-refractivity contribution >= 4 is 40.8 Å². The molecule has 6 heteroatoms. The molecule has 1 aromatic heterocycles. The van der Waals surface area contributed by atoms with E-state index in [0.717, 1.165) is 5.56 Å². The van der Waals surface area contributed by atoms with Gasteiger partial charge in [-0.25, -0.2) is 9.78 Å². The van der Waals surface area contributed by atoms with Crippen LogP contribution < -0.4 is 4.74 Å². The smallest absolute Gasteiger partial charge is 0.345 e. The summed E-state index contributed by atoms with van der Waals surface area (Å²) in [6, 6.07) is 6.54. The first kappa shape index (κ1) is 14.1. The van der Waals surface area contributed by atoms with Crippen molar-refractivity contribution in [2.24, 2.45) is 0 Å². The molecule has 0 fully saturated rings. The SMILES string of the molecule is Cc1ccc(Cl)c(OC(=O)c2cnc(Cl)c(Cl)c2)c1. The quantitative estimate of drug-likeness (QED) is 0.463. The molecule has 0 aliphatic rings. The first-order valence-electron chi connectivity index (χ1n) is 5.27. The van der Waals surface area contributed by atoms with Crippen LogP contribution in [0.1, 0.15) is 15.9 Å². The number of aromatic nitrogens is 1. The largest absolute Gasteiger partial charge is 0.421 e. The van der Waals surface area contributed by atoms with Crippen molar-refractivity contribution in [1.82, 2.24) is 4.98 Å². The zero-order chi connectivity index (χ0) is 14.0. The van der Waals surface area contributed by atoms with Crippen molar-refractivity contribution in [3.8, 4) is 5.75 Å². The summed E-state index contributed by atoms with van der Waals surface area (Å²) in [5, 5.41) is 0.672. The molecule has 1 aromatic carbocycles. The molecule has 0 radical (unpaired) electrons. The highest BCUT2D eigenvalue weighted by atomic mass is 35.5. The molecule has 2 aromatic rings. The van der Waals surface area contributed by atoms with E-state index in [0.29, 0.717) is 5.02 Å². The van der Waals surface area contributed by atoms with Crippen molar-refractivity contribution in [1.29, 1.82) is 0 Å². The number of hydrogen-bond donors (Lipinski definition) is 0. The van der Waals surface area contributed by atoms with Crippen LogP contribution in [0.4, 0.5) is 0 Å². The maximum Gasteiger partial charge on any atom is 0.345 e. The van der Waals surface area contributed by atoms with Crippen LogP contribution >= 0.6 is 34.8 Å². The van der Waals surface area contributed by atoms with Crippen LogP contribution in [0.3, 0.4) is 0 Å². The van der Waals surface area contributed by atoms with Crippen molar-refractivity contribution in [2.45, 2.75) is 6.92 Å². The number of esters is 1. The van der Waals surface area contributed by atoms with Gasteiger partial charge in [-0.15, -0.1) is 0 Å². The Morgan fingerprint density at radius 3 is 2.58 bits per heavy atom. The van der Waals surface area contributed by atoms with Crippen LogP contribution in [0.2, 0.25) is 15.2 Å². The lowest BCUT2D eigenvalue weighted by Gasteiger charge is -2.07. The fourth-order valence-corrected chi connectivity index (χ4v) is 1.81. The lowest BCUT2D eigenvalue weighted by atomic mass is 10.2. The van der Waals surface area contributed by atoms with Gasteiger partial charge in [0.15, 0.2) is 0 Å². The molecule has 3 nitrogen and oxygen atoms in total. The molecule has 98 valence electrons. The van der Waals surface area contributed by atoms with Gasteiger partial charge >= 0.3 is 5.97 Å². The number of benzene rings is 1. The van der Waals surface area contributed by atoms with Gasteiger partial charge in [0.2, 0.25) is 0 Å². The van der Waals surface area contributed by atoms with E-state index in [1.54, 1.807) is 12.1 Å². The van der Waals surface area contributed by atoms with E-state index in [9.17, 15) is 4.79 Å². The summed E-state index contributed by atoms with van der Waals surface area (Å²) in [4.78, 5) is 15.7. The molecular weight excluding hydrogens is 309 g/mol. The fraction of sp³-hybridized carbons (Fsp3) is 0.0769. The van der Waals surface area contributed by atoms with E-state index >= 15 is 0 Å². The average Bonchev–Trinajstić information content (AvgIpc) is 2.37. The van der Waals surface area contributed by atoms with Crippen LogP contribution in [0, 0.1) is 6.92 Å². The van der Waals surface area contributed by atoms with E-state index in [4.69, 9.17) is 39.5 Å². The average molecular weight is 317 g/mol. The first-order valence-corrected chi connectivity index (χ1v) is 6.40. The second-order valence-electron chi connectivity index (χ2n) is 3.82. The normalized spacial score (nSPS) is 10.3. The Labute approximate surface area is 125 Å². The molecule has 0 aliphatic heterocycles. The summed E-state index contributed by atoms with van der Waals surface area (Å²) in [6.07, 6.45) is 1.29. The minimum Gasteiger partial charge on any atom is -0.421 e. The van der Waals surface area contributed by atoms with Gasteiger partial charge in [-0.3, -0.25) is 0 Å². The topological polar surface area (TPSA) is 39.2 Å². The molecule has 0 unspecified atom stereocenters. The third kappa shape index (κ3) is 3.38. The standard InChI is InChI=1S/C13H8Cl3NO2/c1-7-2-3-9(14)11(4-7)19-13(18)8-5-10(15)12(16)17-6-8/h2-6H,1H3. The molecule has 0 N–H and O–H groups in total. The van der Waals surface area contributed by atoms with E-state index in [1.165, 1.54) is 12.3 Å². The van der Waals surface area contributed by atoms with Crippen LogP contribution in [0.5, 0.6) is 5.75 Å². The molecule has 0 saturated carbocycles. The molecule has 0 atom stereocenters. The molecule has 1 heterocycles. The molecule has 2 rings (SSSR count). The zero-order valence-electron chi connectivity index (χ0n) is 9.78. The fourth-order valence-electron chi connectivity index (χ4n) is 1.38. The van der Waals surface area contributed by atoms with Crippen LogP contribution in [0.15, 0.2) is 30.5 Å². The molecule has 0 bridgehead atoms. The summed E-state index contributed by atoms with van der Waals surface area (Å²) in [6.45, 7) is 1.87. The lowest BCUT2D eigenvalue weighted by Crippen LogP contribution is -2.09. The number of pyridine rings is 1. The number of ether oxygens (including phenoxy) is 1. The van der Waals surface area contributed by atoms with E-state index in [-0.39, 0.29) is 21.5 Å². The number of nitrogens with zero attached hydrogens (tertiary/aromatic N) is 1. The highest BCUT2D eigenvalue weighted by molar-refractivity contribution is 6.41. The van der Waals surface area contributed by atoms with Crippen molar-refractivity contribution in [3.63, 3.8) is 0 Å². The van der Waals surface area contributed by atoms with Crippen LogP contribution in [0.25, 0.3) is 0 Å². The summed E-state index contributed by atoms with van der Waals surface area (Å²) in [7, 11) is 0.